The highest BCUT2D eigenvalue weighted by atomic mass is 79.9. The number of benzene rings is 2. The third kappa shape index (κ3) is 5.77. The van der Waals surface area contributed by atoms with Crippen molar-refractivity contribution in [2.75, 3.05) is 6.26 Å². The van der Waals surface area contributed by atoms with Gasteiger partial charge in [-0.25, -0.2) is 0 Å². The summed E-state index contributed by atoms with van der Waals surface area (Å²) in [6.45, 7) is 6.33. The van der Waals surface area contributed by atoms with Crippen LogP contribution in [0.25, 0.3) is 0 Å². The molecule has 0 aliphatic rings. The molecular formula is C18H19BrN2OS. The quantitative estimate of drug-likeness (QED) is 0.522. The SMILES string of the molecule is C=C(N/N=C(\C)c1ccc(OCc2cccc(Br)c2)cc1)SC. The minimum absolute atomic E-state index is 0.543. The molecule has 0 fully saturated rings. The van der Waals surface area contributed by atoms with Crippen LogP contribution < -0.4 is 10.2 Å². The van der Waals surface area contributed by atoms with Gasteiger partial charge in [-0.2, -0.15) is 5.10 Å². The standard InChI is InChI=1S/C18H19BrN2OS/c1-13(20-21-14(2)23-3)16-7-9-18(10-8-16)22-12-15-5-4-6-17(19)11-15/h4-11,21H,2,12H2,1,3H3/b20-13+. The third-order valence-corrected chi connectivity index (χ3v) is 4.24. The summed E-state index contributed by atoms with van der Waals surface area (Å²) in [7, 11) is 0. The molecule has 0 spiro atoms. The minimum atomic E-state index is 0.543. The van der Waals surface area contributed by atoms with Gasteiger partial charge in [-0.05, 0) is 60.7 Å². The van der Waals surface area contributed by atoms with Gasteiger partial charge in [0.1, 0.15) is 12.4 Å². The maximum atomic E-state index is 5.80. The summed E-state index contributed by atoms with van der Waals surface area (Å²) >= 11 is 5.00. The number of nitrogens with one attached hydrogen (secondary N) is 1. The fraction of sp³-hybridized carbons (Fsp3) is 0.167. The van der Waals surface area contributed by atoms with Crippen LogP contribution in [-0.4, -0.2) is 12.0 Å². The van der Waals surface area contributed by atoms with E-state index in [1.807, 2.05) is 55.6 Å². The van der Waals surface area contributed by atoms with Crippen LogP contribution in [0, 0.1) is 0 Å². The molecule has 0 unspecified atom stereocenters. The van der Waals surface area contributed by atoms with Crippen molar-refractivity contribution in [1.29, 1.82) is 0 Å². The van der Waals surface area contributed by atoms with E-state index in [1.165, 1.54) is 11.8 Å². The number of hydrazone groups is 1. The summed E-state index contributed by atoms with van der Waals surface area (Å²) < 4.78 is 6.86. The molecule has 23 heavy (non-hydrogen) atoms. The number of nitrogens with zero attached hydrogens (tertiary/aromatic N) is 1. The van der Waals surface area contributed by atoms with Gasteiger partial charge >= 0.3 is 0 Å². The Balaban J connectivity index is 1.95. The Morgan fingerprint density at radius 1 is 1.26 bits per heavy atom. The smallest absolute Gasteiger partial charge is 0.119 e. The van der Waals surface area contributed by atoms with Crippen molar-refractivity contribution in [1.82, 2.24) is 5.43 Å². The first-order valence-corrected chi connectivity index (χ1v) is 9.11. The Hall–Kier alpha value is -1.72. The molecule has 2 aromatic carbocycles. The summed E-state index contributed by atoms with van der Waals surface area (Å²) in [5.74, 6) is 0.836. The zero-order valence-corrected chi connectivity index (χ0v) is 15.6. The molecule has 2 rings (SSSR count). The normalized spacial score (nSPS) is 11.2. The predicted molar refractivity (Wildman–Crippen MR) is 103 cm³/mol. The van der Waals surface area contributed by atoms with Gasteiger partial charge in [-0.1, -0.05) is 34.6 Å². The summed E-state index contributed by atoms with van der Waals surface area (Å²) in [6, 6.07) is 16.0. The zero-order valence-electron chi connectivity index (χ0n) is 13.2. The maximum Gasteiger partial charge on any atom is 0.119 e. The molecule has 2 aromatic rings. The van der Waals surface area contributed by atoms with Gasteiger partial charge in [-0.3, -0.25) is 5.43 Å². The average Bonchev–Trinajstić information content (AvgIpc) is 2.58. The molecule has 5 heteroatoms. The van der Waals surface area contributed by atoms with Crippen molar-refractivity contribution in [2.45, 2.75) is 13.5 Å². The third-order valence-electron chi connectivity index (χ3n) is 3.16. The Labute approximate surface area is 150 Å². The van der Waals surface area contributed by atoms with Gasteiger partial charge in [0.15, 0.2) is 0 Å². The van der Waals surface area contributed by atoms with Crippen LogP contribution >= 0.6 is 27.7 Å². The zero-order chi connectivity index (χ0) is 16.7. The number of rotatable bonds is 7. The van der Waals surface area contributed by atoms with E-state index >= 15 is 0 Å². The second-order valence-electron chi connectivity index (χ2n) is 4.88. The number of thioether (sulfide) groups is 1. The van der Waals surface area contributed by atoms with Crippen molar-refractivity contribution in [3.8, 4) is 5.75 Å². The van der Waals surface area contributed by atoms with Crippen molar-refractivity contribution in [3.63, 3.8) is 0 Å². The molecule has 0 aromatic heterocycles. The highest BCUT2D eigenvalue weighted by Crippen LogP contribution is 2.17. The first kappa shape index (κ1) is 17.6. The van der Waals surface area contributed by atoms with E-state index in [0.717, 1.165) is 32.1 Å². The lowest BCUT2D eigenvalue weighted by atomic mass is 10.1. The van der Waals surface area contributed by atoms with Crippen LogP contribution in [0.4, 0.5) is 0 Å². The van der Waals surface area contributed by atoms with Crippen LogP contribution in [0.15, 0.2) is 69.7 Å². The monoisotopic (exact) mass is 390 g/mol. The molecule has 0 heterocycles. The first-order valence-electron chi connectivity index (χ1n) is 7.09. The second-order valence-corrected chi connectivity index (χ2v) is 6.70. The van der Waals surface area contributed by atoms with Crippen molar-refractivity contribution in [3.05, 3.63) is 75.7 Å². The van der Waals surface area contributed by atoms with Gasteiger partial charge in [0, 0.05) is 4.47 Å². The van der Waals surface area contributed by atoms with Crippen molar-refractivity contribution in [2.24, 2.45) is 5.10 Å². The summed E-state index contributed by atoms with van der Waals surface area (Å²) in [4.78, 5) is 0. The molecule has 0 saturated carbocycles. The lowest BCUT2D eigenvalue weighted by molar-refractivity contribution is 0.306. The van der Waals surface area contributed by atoms with Gasteiger partial charge in [0.2, 0.25) is 0 Å². The van der Waals surface area contributed by atoms with E-state index in [-0.39, 0.29) is 0 Å². The number of hydrogen-bond acceptors (Lipinski definition) is 4. The molecule has 0 saturated heterocycles. The van der Waals surface area contributed by atoms with E-state index in [1.54, 1.807) is 0 Å². The second kappa shape index (κ2) is 8.79. The predicted octanol–water partition coefficient (Wildman–Crippen LogP) is 5.18. The minimum Gasteiger partial charge on any atom is -0.489 e. The Bertz CT molecular complexity index is 698. The summed E-state index contributed by atoms with van der Waals surface area (Å²) in [6.07, 6.45) is 1.96. The molecule has 0 bridgehead atoms. The summed E-state index contributed by atoms with van der Waals surface area (Å²) in [5.41, 5.74) is 5.99. The number of ether oxygens (including phenoxy) is 1. The van der Waals surface area contributed by atoms with E-state index in [9.17, 15) is 0 Å². The molecule has 0 radical (unpaired) electrons. The largest absolute Gasteiger partial charge is 0.489 e. The maximum absolute atomic E-state index is 5.80. The van der Waals surface area contributed by atoms with Crippen LogP contribution in [0.5, 0.6) is 5.75 Å². The van der Waals surface area contributed by atoms with E-state index < -0.39 is 0 Å². The average molecular weight is 391 g/mol. The first-order chi connectivity index (χ1) is 11.1. The van der Waals surface area contributed by atoms with Gasteiger partial charge in [-0.15, -0.1) is 11.8 Å². The lowest BCUT2D eigenvalue weighted by Gasteiger charge is -2.08. The van der Waals surface area contributed by atoms with E-state index in [4.69, 9.17) is 4.74 Å². The van der Waals surface area contributed by atoms with Crippen LogP contribution in [0.2, 0.25) is 0 Å². The van der Waals surface area contributed by atoms with Crippen molar-refractivity contribution >= 4 is 33.4 Å². The molecular weight excluding hydrogens is 372 g/mol. The van der Waals surface area contributed by atoms with Gasteiger partial charge < -0.3 is 4.74 Å². The van der Waals surface area contributed by atoms with E-state index in [0.29, 0.717) is 6.61 Å². The molecule has 0 aliphatic heterocycles. The molecule has 120 valence electrons. The number of halogens is 1. The Morgan fingerprint density at radius 2 is 2.00 bits per heavy atom. The molecule has 3 nitrogen and oxygen atoms in total. The molecule has 0 aliphatic carbocycles. The molecule has 1 N–H and O–H groups in total. The van der Waals surface area contributed by atoms with Crippen LogP contribution in [0.3, 0.4) is 0 Å². The fourth-order valence-corrected chi connectivity index (χ4v) is 2.43. The van der Waals surface area contributed by atoms with Crippen molar-refractivity contribution < 1.29 is 4.74 Å². The molecule has 0 atom stereocenters. The summed E-state index contributed by atoms with van der Waals surface area (Å²) in [5, 5.41) is 5.12. The van der Waals surface area contributed by atoms with Gasteiger partial charge in [0.25, 0.3) is 0 Å². The van der Waals surface area contributed by atoms with Crippen LogP contribution in [0.1, 0.15) is 18.1 Å². The van der Waals surface area contributed by atoms with Gasteiger partial charge in [0.05, 0.1) is 10.7 Å². The topological polar surface area (TPSA) is 33.6 Å². The number of hydrogen-bond donors (Lipinski definition) is 1. The molecule has 0 amide bonds. The highest BCUT2D eigenvalue weighted by Gasteiger charge is 2.01. The lowest BCUT2D eigenvalue weighted by Crippen LogP contribution is -2.06. The fourth-order valence-electron chi connectivity index (χ4n) is 1.84. The Kier molecular flexibility index (Phi) is 6.74. The highest BCUT2D eigenvalue weighted by molar-refractivity contribution is 9.10. The Morgan fingerprint density at radius 3 is 2.65 bits per heavy atom. The van der Waals surface area contributed by atoms with E-state index in [2.05, 4.69) is 39.1 Å². The van der Waals surface area contributed by atoms with Crippen LogP contribution in [-0.2, 0) is 6.61 Å².